The van der Waals surface area contributed by atoms with Crippen LogP contribution in [0.4, 0.5) is 5.69 Å². The topological polar surface area (TPSA) is 89.8 Å². The number of hydrogen-bond acceptors (Lipinski definition) is 6. The Bertz CT molecular complexity index is 1310. The highest BCUT2D eigenvalue weighted by atomic mass is 16.5. The number of methoxy groups -OCH3 is 1. The van der Waals surface area contributed by atoms with Crippen LogP contribution in [0.3, 0.4) is 0 Å². The Kier molecular flexibility index (Phi) is 5.72. The lowest BCUT2D eigenvalue weighted by atomic mass is 9.72. The van der Waals surface area contributed by atoms with Crippen molar-refractivity contribution in [1.82, 2.24) is 19.9 Å². The molecule has 1 saturated heterocycles. The molecule has 0 radical (unpaired) electrons. The van der Waals surface area contributed by atoms with Crippen LogP contribution < -0.4 is 9.64 Å². The van der Waals surface area contributed by atoms with E-state index in [1.165, 1.54) is 0 Å². The Morgan fingerprint density at radius 1 is 1.19 bits per heavy atom. The Morgan fingerprint density at radius 3 is 2.97 bits per heavy atom. The third-order valence-corrected chi connectivity index (χ3v) is 7.55. The predicted octanol–water partition coefficient (Wildman–Crippen LogP) is 2.86. The molecule has 2 amide bonds. The smallest absolute Gasteiger partial charge is 0.240 e. The van der Waals surface area contributed by atoms with E-state index in [2.05, 4.69) is 10.3 Å². The molecule has 2 atom stereocenters. The van der Waals surface area contributed by atoms with Gasteiger partial charge in [0.05, 0.1) is 38.4 Å². The standard InChI is InChI=1S/C27H29N5O4/c1-35-15-10-24(33)31-13-11-27-22-8-2-3-9-23(22)32(26(27)34)18-20-17-30(29-28-20)12-5-14-36-21-7-4-6-19(16-21)25(27)31/h2-4,6-9,16-17,25H,5,10-15,18H2,1H3/t25-,27+/m0/s1. The molecule has 36 heavy (non-hydrogen) atoms. The van der Waals surface area contributed by atoms with Crippen LogP contribution in [0, 0.1) is 0 Å². The van der Waals surface area contributed by atoms with Gasteiger partial charge >= 0.3 is 0 Å². The lowest BCUT2D eigenvalue weighted by Gasteiger charge is -2.35. The summed E-state index contributed by atoms with van der Waals surface area (Å²) in [7, 11) is 1.59. The van der Waals surface area contributed by atoms with Gasteiger partial charge in [0.1, 0.15) is 16.9 Å². The van der Waals surface area contributed by atoms with Crippen LogP contribution in [0.2, 0.25) is 0 Å². The molecule has 9 nitrogen and oxygen atoms in total. The minimum absolute atomic E-state index is 0.00788. The highest BCUT2D eigenvalue weighted by Crippen LogP contribution is 2.57. The van der Waals surface area contributed by atoms with E-state index < -0.39 is 11.5 Å². The maximum atomic E-state index is 14.5. The van der Waals surface area contributed by atoms with E-state index in [0.29, 0.717) is 39.3 Å². The molecule has 186 valence electrons. The van der Waals surface area contributed by atoms with E-state index in [9.17, 15) is 9.59 Å². The number of rotatable bonds is 3. The van der Waals surface area contributed by atoms with Crippen molar-refractivity contribution in [1.29, 1.82) is 0 Å². The minimum Gasteiger partial charge on any atom is -0.494 e. The van der Waals surface area contributed by atoms with Gasteiger partial charge in [-0.1, -0.05) is 35.5 Å². The van der Waals surface area contributed by atoms with E-state index in [1.54, 1.807) is 11.8 Å². The third-order valence-electron chi connectivity index (χ3n) is 7.55. The second-order valence-corrected chi connectivity index (χ2v) is 9.61. The summed E-state index contributed by atoms with van der Waals surface area (Å²) in [6.45, 7) is 2.36. The molecule has 3 aromatic rings. The predicted molar refractivity (Wildman–Crippen MR) is 131 cm³/mol. The summed E-state index contributed by atoms with van der Waals surface area (Å²) in [6, 6.07) is 15.3. The fourth-order valence-corrected chi connectivity index (χ4v) is 5.98. The number of ether oxygens (including phenoxy) is 2. The van der Waals surface area contributed by atoms with Gasteiger partial charge in [-0.25, -0.2) is 0 Å². The second-order valence-electron chi connectivity index (χ2n) is 9.61. The number of para-hydroxylation sites is 1. The molecule has 0 saturated carbocycles. The third kappa shape index (κ3) is 3.57. The number of anilines is 1. The van der Waals surface area contributed by atoms with Crippen molar-refractivity contribution < 1.29 is 19.1 Å². The average molecular weight is 488 g/mol. The number of aryl methyl sites for hydroxylation is 1. The maximum Gasteiger partial charge on any atom is 0.240 e. The summed E-state index contributed by atoms with van der Waals surface area (Å²) in [6.07, 6.45) is 3.48. The van der Waals surface area contributed by atoms with Gasteiger partial charge in [-0.2, -0.15) is 0 Å². The highest BCUT2D eigenvalue weighted by Gasteiger charge is 2.61. The van der Waals surface area contributed by atoms with Crippen molar-refractivity contribution >= 4 is 17.5 Å². The molecule has 0 unspecified atom stereocenters. The van der Waals surface area contributed by atoms with E-state index in [-0.39, 0.29) is 18.2 Å². The fraction of sp³-hybridized carbons (Fsp3) is 0.407. The van der Waals surface area contributed by atoms with Gasteiger partial charge in [0.2, 0.25) is 11.8 Å². The van der Waals surface area contributed by atoms with Gasteiger partial charge in [0.25, 0.3) is 0 Å². The van der Waals surface area contributed by atoms with Gasteiger partial charge in [0, 0.05) is 32.3 Å². The van der Waals surface area contributed by atoms with Crippen molar-refractivity contribution in [2.24, 2.45) is 0 Å². The van der Waals surface area contributed by atoms with Crippen molar-refractivity contribution in [3.63, 3.8) is 0 Å². The van der Waals surface area contributed by atoms with Crippen molar-refractivity contribution in [2.45, 2.75) is 43.8 Å². The summed E-state index contributed by atoms with van der Waals surface area (Å²) in [5.74, 6) is 0.699. The molecule has 6 bridgehead atoms. The molecule has 1 aromatic heterocycles. The zero-order valence-electron chi connectivity index (χ0n) is 20.3. The normalized spacial score (nSPS) is 22.9. The number of carbonyl (C=O) groups is 2. The first-order chi connectivity index (χ1) is 17.6. The molecule has 9 heteroatoms. The SMILES string of the molecule is COCCC(=O)N1CC[C@]23C(=O)N(Cc4cn(nn4)CCCOc4cccc(c4)[C@H]12)c1ccccc13. The summed E-state index contributed by atoms with van der Waals surface area (Å²) in [5, 5.41) is 8.59. The quantitative estimate of drug-likeness (QED) is 0.565. The second kappa shape index (κ2) is 9.05. The zero-order valence-corrected chi connectivity index (χ0v) is 20.3. The maximum absolute atomic E-state index is 14.5. The summed E-state index contributed by atoms with van der Waals surface area (Å²) in [4.78, 5) is 31.6. The number of aromatic nitrogens is 3. The van der Waals surface area contributed by atoms with E-state index >= 15 is 0 Å². The lowest BCUT2D eigenvalue weighted by molar-refractivity contribution is -0.134. The highest BCUT2D eigenvalue weighted by molar-refractivity contribution is 6.09. The van der Waals surface area contributed by atoms with Crippen LogP contribution in [0.1, 0.15) is 42.1 Å². The molecule has 2 aromatic carbocycles. The number of benzene rings is 2. The minimum atomic E-state index is -0.895. The molecule has 0 N–H and O–H groups in total. The Morgan fingerprint density at radius 2 is 2.08 bits per heavy atom. The zero-order chi connectivity index (χ0) is 24.7. The Balaban J connectivity index is 1.53. The van der Waals surface area contributed by atoms with Crippen molar-refractivity contribution in [3.8, 4) is 5.75 Å². The first kappa shape index (κ1) is 22.7. The Hall–Kier alpha value is -3.72. The number of fused-ring (bicyclic) bond motifs is 8. The van der Waals surface area contributed by atoms with Crippen molar-refractivity contribution in [3.05, 3.63) is 71.5 Å². The van der Waals surface area contributed by atoms with Gasteiger partial charge in [-0.05, 0) is 35.7 Å². The van der Waals surface area contributed by atoms with Crippen molar-refractivity contribution in [2.75, 3.05) is 31.8 Å². The van der Waals surface area contributed by atoms with E-state index in [4.69, 9.17) is 9.47 Å². The van der Waals surface area contributed by atoms with Crippen LogP contribution in [0.25, 0.3) is 0 Å². The summed E-state index contributed by atoms with van der Waals surface area (Å²) < 4.78 is 13.1. The Labute approximate surface area is 209 Å². The molecule has 1 fully saturated rings. The fourth-order valence-electron chi connectivity index (χ4n) is 5.98. The molecule has 4 heterocycles. The van der Waals surface area contributed by atoms with Gasteiger partial charge in [-0.15, -0.1) is 5.10 Å². The number of likely N-dealkylation sites (tertiary alicyclic amines) is 1. The van der Waals surface area contributed by atoms with Gasteiger partial charge < -0.3 is 19.3 Å². The number of hydrogen-bond donors (Lipinski definition) is 0. The van der Waals surface area contributed by atoms with Gasteiger partial charge in [0.15, 0.2) is 0 Å². The largest absolute Gasteiger partial charge is 0.494 e. The molecule has 1 spiro atoms. The molecule has 3 aliphatic rings. The first-order valence-electron chi connectivity index (χ1n) is 12.4. The molecule has 3 aliphatic heterocycles. The van der Waals surface area contributed by atoms with Crippen LogP contribution in [-0.2, 0) is 32.8 Å². The average Bonchev–Trinajstić information content (AvgIpc) is 3.58. The molecular formula is C27H29N5O4. The molecule has 6 rings (SSSR count). The van der Waals surface area contributed by atoms with E-state index in [1.807, 2.05) is 64.5 Å². The van der Waals surface area contributed by atoms with Gasteiger partial charge in [-0.3, -0.25) is 14.3 Å². The first-order valence-corrected chi connectivity index (χ1v) is 12.4. The van der Waals surface area contributed by atoms with Crippen LogP contribution in [0.15, 0.2) is 54.7 Å². The molecule has 0 aliphatic carbocycles. The monoisotopic (exact) mass is 487 g/mol. The van der Waals surface area contributed by atoms with Crippen LogP contribution in [0.5, 0.6) is 5.75 Å². The lowest BCUT2D eigenvalue weighted by Crippen LogP contribution is -2.45. The number of carbonyl (C=O) groups excluding carboxylic acids is 2. The van der Waals surface area contributed by atoms with E-state index in [0.717, 1.165) is 34.7 Å². The van der Waals surface area contributed by atoms with Crippen LogP contribution in [-0.4, -0.2) is 58.6 Å². The summed E-state index contributed by atoms with van der Waals surface area (Å²) >= 11 is 0. The number of nitrogens with zero attached hydrogens (tertiary/aromatic N) is 5. The summed E-state index contributed by atoms with van der Waals surface area (Å²) in [5.41, 5.74) is 2.56. The molecular weight excluding hydrogens is 458 g/mol. The van der Waals surface area contributed by atoms with Crippen LogP contribution >= 0.6 is 0 Å². The number of amides is 2.